The van der Waals surface area contributed by atoms with Crippen LogP contribution in [0, 0.1) is 6.92 Å². The second kappa shape index (κ2) is 10.6. The number of anilines is 2. The van der Waals surface area contributed by atoms with Crippen molar-refractivity contribution in [2.45, 2.75) is 47.1 Å². The van der Waals surface area contributed by atoms with E-state index in [9.17, 15) is 9.59 Å². The fourth-order valence-electron chi connectivity index (χ4n) is 3.54. The van der Waals surface area contributed by atoms with Gasteiger partial charge in [0.25, 0.3) is 0 Å². The van der Waals surface area contributed by atoms with Gasteiger partial charge in [-0.2, -0.15) is 0 Å². The number of nitrogens with zero attached hydrogens (tertiary/aromatic N) is 2. The highest BCUT2D eigenvalue weighted by Crippen LogP contribution is 2.23. The lowest BCUT2D eigenvalue weighted by molar-refractivity contribution is -0.131. The number of hydrogen-bond donors (Lipinski definition) is 1. The minimum atomic E-state index is -0.0878. The Morgan fingerprint density at radius 3 is 2.24 bits per heavy atom. The third-order valence-electron chi connectivity index (χ3n) is 5.35. The molecular weight excluding hydrogens is 362 g/mol. The first-order valence-corrected chi connectivity index (χ1v) is 10.3. The first-order valence-electron chi connectivity index (χ1n) is 10.3. The molecule has 0 radical (unpaired) electrons. The summed E-state index contributed by atoms with van der Waals surface area (Å²) < 4.78 is 0. The fraction of sp³-hybridized carbons (Fsp3) is 0.417. The van der Waals surface area contributed by atoms with Crippen LogP contribution < -0.4 is 10.2 Å². The lowest BCUT2D eigenvalue weighted by Crippen LogP contribution is -2.34. The van der Waals surface area contributed by atoms with Crippen molar-refractivity contribution in [1.29, 1.82) is 0 Å². The normalized spacial score (nSPS) is 11.6. The van der Waals surface area contributed by atoms with Gasteiger partial charge in [0.2, 0.25) is 11.8 Å². The molecule has 0 saturated heterocycles. The van der Waals surface area contributed by atoms with Crippen LogP contribution in [-0.4, -0.2) is 36.3 Å². The average molecular weight is 396 g/mol. The second-order valence-electron chi connectivity index (χ2n) is 7.27. The summed E-state index contributed by atoms with van der Waals surface area (Å²) in [5.41, 5.74) is 4.07. The van der Waals surface area contributed by atoms with E-state index >= 15 is 0 Å². The van der Waals surface area contributed by atoms with Crippen molar-refractivity contribution in [3.8, 4) is 0 Å². The van der Waals surface area contributed by atoms with Crippen molar-refractivity contribution in [3.05, 3.63) is 59.7 Å². The standard InChI is InChI=1S/C24H33N3O2/c1-6-26(7-2)22-13-14-23(18(3)17-22)25-24(29)15-16-27(20(5)28)19(4)21-11-9-8-10-12-21/h8-14,17,19H,6-7,15-16H2,1-5H3,(H,25,29). The van der Waals surface area contributed by atoms with E-state index in [1.807, 2.05) is 56.3 Å². The number of nitrogens with one attached hydrogen (secondary N) is 1. The molecule has 2 aromatic carbocycles. The number of carbonyl (C=O) groups is 2. The van der Waals surface area contributed by atoms with Gasteiger partial charge in [-0.1, -0.05) is 30.3 Å². The maximum Gasteiger partial charge on any atom is 0.226 e. The number of benzene rings is 2. The molecule has 2 aromatic rings. The summed E-state index contributed by atoms with van der Waals surface area (Å²) in [5.74, 6) is -0.121. The molecule has 156 valence electrons. The number of aryl methyl sites for hydroxylation is 1. The van der Waals surface area contributed by atoms with Crippen molar-refractivity contribution >= 4 is 23.2 Å². The molecule has 1 atom stereocenters. The van der Waals surface area contributed by atoms with Gasteiger partial charge in [-0.25, -0.2) is 0 Å². The van der Waals surface area contributed by atoms with Gasteiger partial charge in [0.1, 0.15) is 0 Å². The van der Waals surface area contributed by atoms with Crippen LogP contribution in [0.3, 0.4) is 0 Å². The van der Waals surface area contributed by atoms with Gasteiger partial charge in [0.15, 0.2) is 0 Å². The van der Waals surface area contributed by atoms with Crippen molar-refractivity contribution in [3.63, 3.8) is 0 Å². The molecule has 0 bridgehead atoms. The maximum atomic E-state index is 12.5. The molecule has 0 aliphatic carbocycles. The lowest BCUT2D eigenvalue weighted by atomic mass is 10.1. The third kappa shape index (κ3) is 6.08. The van der Waals surface area contributed by atoms with Crippen molar-refractivity contribution in [2.24, 2.45) is 0 Å². The molecule has 0 aromatic heterocycles. The summed E-state index contributed by atoms with van der Waals surface area (Å²) in [7, 11) is 0. The topological polar surface area (TPSA) is 52.7 Å². The molecule has 0 heterocycles. The monoisotopic (exact) mass is 395 g/mol. The van der Waals surface area contributed by atoms with Gasteiger partial charge in [0, 0.05) is 44.4 Å². The van der Waals surface area contributed by atoms with Crippen LogP contribution in [0.2, 0.25) is 0 Å². The van der Waals surface area contributed by atoms with Crippen LogP contribution in [0.25, 0.3) is 0 Å². The van der Waals surface area contributed by atoms with E-state index in [2.05, 4.69) is 30.1 Å². The van der Waals surface area contributed by atoms with Crippen LogP contribution >= 0.6 is 0 Å². The minimum absolute atomic E-state index is 0.0334. The molecule has 5 nitrogen and oxygen atoms in total. The van der Waals surface area contributed by atoms with Crippen molar-refractivity contribution < 1.29 is 9.59 Å². The number of rotatable bonds is 9. The Kier molecular flexibility index (Phi) is 8.25. The Morgan fingerprint density at radius 2 is 1.69 bits per heavy atom. The van der Waals surface area contributed by atoms with E-state index in [1.54, 1.807) is 11.8 Å². The molecule has 5 heteroatoms. The highest BCUT2D eigenvalue weighted by Gasteiger charge is 2.19. The molecule has 0 aliphatic heterocycles. The average Bonchev–Trinajstić information content (AvgIpc) is 2.71. The van der Waals surface area contributed by atoms with Gasteiger partial charge in [-0.05, 0) is 57.0 Å². The van der Waals surface area contributed by atoms with Gasteiger partial charge in [-0.15, -0.1) is 0 Å². The Hall–Kier alpha value is -2.82. The second-order valence-corrected chi connectivity index (χ2v) is 7.27. The van der Waals surface area contributed by atoms with Gasteiger partial charge in [0.05, 0.1) is 6.04 Å². The summed E-state index contributed by atoms with van der Waals surface area (Å²) in [4.78, 5) is 28.7. The van der Waals surface area contributed by atoms with E-state index < -0.39 is 0 Å². The Labute approximate surface area is 174 Å². The van der Waals surface area contributed by atoms with Crippen LogP contribution in [0.4, 0.5) is 11.4 Å². The van der Waals surface area contributed by atoms with E-state index in [0.29, 0.717) is 6.54 Å². The zero-order valence-electron chi connectivity index (χ0n) is 18.2. The van der Waals surface area contributed by atoms with Gasteiger partial charge >= 0.3 is 0 Å². The fourth-order valence-corrected chi connectivity index (χ4v) is 3.54. The Morgan fingerprint density at radius 1 is 1.03 bits per heavy atom. The van der Waals surface area contributed by atoms with Gasteiger partial charge in [-0.3, -0.25) is 9.59 Å². The summed E-state index contributed by atoms with van der Waals surface area (Å²) in [6.45, 7) is 12.1. The zero-order valence-corrected chi connectivity index (χ0v) is 18.2. The molecule has 2 rings (SSSR count). The number of hydrogen-bond acceptors (Lipinski definition) is 3. The minimum Gasteiger partial charge on any atom is -0.372 e. The molecular formula is C24H33N3O2. The largest absolute Gasteiger partial charge is 0.372 e. The predicted molar refractivity (Wildman–Crippen MR) is 120 cm³/mol. The molecule has 29 heavy (non-hydrogen) atoms. The summed E-state index contributed by atoms with van der Waals surface area (Å²) in [5, 5.41) is 2.99. The molecule has 1 N–H and O–H groups in total. The van der Waals surface area contributed by atoms with E-state index in [4.69, 9.17) is 0 Å². The van der Waals surface area contributed by atoms with Crippen molar-refractivity contribution in [2.75, 3.05) is 29.9 Å². The maximum absolute atomic E-state index is 12.5. The highest BCUT2D eigenvalue weighted by molar-refractivity contribution is 5.92. The zero-order chi connectivity index (χ0) is 21.4. The quantitative estimate of drug-likeness (QED) is 0.665. The summed E-state index contributed by atoms with van der Waals surface area (Å²) in [6, 6.07) is 15.9. The Bertz CT molecular complexity index is 816. The lowest BCUT2D eigenvalue weighted by Gasteiger charge is -2.28. The van der Waals surface area contributed by atoms with Crippen LogP contribution in [0.5, 0.6) is 0 Å². The smallest absolute Gasteiger partial charge is 0.226 e. The number of carbonyl (C=O) groups excluding carboxylic acids is 2. The van der Waals surface area contributed by atoms with Crippen LogP contribution in [-0.2, 0) is 9.59 Å². The molecule has 0 fully saturated rings. The SMILES string of the molecule is CCN(CC)c1ccc(NC(=O)CCN(C(C)=O)C(C)c2ccccc2)c(C)c1. The van der Waals surface area contributed by atoms with Gasteiger partial charge < -0.3 is 15.1 Å². The van der Waals surface area contributed by atoms with E-state index in [0.717, 1.165) is 35.6 Å². The molecule has 1 unspecified atom stereocenters. The molecule has 0 spiro atoms. The van der Waals surface area contributed by atoms with Crippen molar-refractivity contribution in [1.82, 2.24) is 4.90 Å². The molecule has 2 amide bonds. The van der Waals surface area contributed by atoms with E-state index in [1.165, 1.54) is 0 Å². The highest BCUT2D eigenvalue weighted by atomic mass is 16.2. The molecule has 0 saturated carbocycles. The van der Waals surface area contributed by atoms with Crippen LogP contribution in [0.15, 0.2) is 48.5 Å². The summed E-state index contributed by atoms with van der Waals surface area (Å²) >= 11 is 0. The first kappa shape index (κ1) is 22.5. The predicted octanol–water partition coefficient (Wildman–Crippen LogP) is 4.78. The third-order valence-corrected chi connectivity index (χ3v) is 5.35. The Balaban J connectivity index is 2.00. The number of amides is 2. The molecule has 0 aliphatic rings. The van der Waals surface area contributed by atoms with E-state index in [-0.39, 0.29) is 24.3 Å². The van der Waals surface area contributed by atoms with Crippen LogP contribution in [0.1, 0.15) is 51.3 Å². The first-order chi connectivity index (χ1) is 13.9. The summed E-state index contributed by atoms with van der Waals surface area (Å²) in [6.07, 6.45) is 0.258.